The van der Waals surface area contributed by atoms with Gasteiger partial charge in [0.15, 0.2) is 0 Å². The van der Waals surface area contributed by atoms with Gasteiger partial charge in [-0.1, -0.05) is 13.8 Å². The van der Waals surface area contributed by atoms with Crippen LogP contribution in [-0.4, -0.2) is 26.1 Å². The highest BCUT2D eigenvalue weighted by Gasteiger charge is 2.35. The van der Waals surface area contributed by atoms with Crippen LogP contribution in [0.4, 0.5) is 13.2 Å². The molecule has 1 saturated carbocycles. The molecule has 0 radical (unpaired) electrons. The van der Waals surface area contributed by atoms with Crippen LogP contribution in [0.5, 0.6) is 5.75 Å². The predicted octanol–water partition coefficient (Wildman–Crippen LogP) is 4.95. The van der Waals surface area contributed by atoms with Crippen LogP contribution in [0.15, 0.2) is 18.2 Å². The maximum absolute atomic E-state index is 12.6. The quantitative estimate of drug-likeness (QED) is 0.832. The van der Waals surface area contributed by atoms with Gasteiger partial charge in [0.1, 0.15) is 11.6 Å². The van der Waals surface area contributed by atoms with Gasteiger partial charge in [0.05, 0.1) is 7.11 Å². The molecule has 1 aliphatic carbocycles. The Labute approximate surface area is 132 Å². The van der Waals surface area contributed by atoms with Crippen LogP contribution in [0, 0.1) is 12.7 Å². The molecule has 1 aromatic rings. The summed E-state index contributed by atoms with van der Waals surface area (Å²) in [6, 6.07) is 4.63. The van der Waals surface area contributed by atoms with Gasteiger partial charge in [-0.2, -0.15) is 0 Å². The third-order valence-corrected chi connectivity index (χ3v) is 3.30. The third kappa shape index (κ3) is 8.27. The Hall–Kier alpha value is -1.23. The first-order chi connectivity index (χ1) is 10.4. The number of aryl methyl sites for hydroxylation is 1. The average molecular weight is 319 g/mol. The second kappa shape index (κ2) is 10.5. The van der Waals surface area contributed by atoms with Gasteiger partial charge < -0.3 is 10.1 Å². The maximum atomic E-state index is 12.6. The van der Waals surface area contributed by atoms with Crippen molar-refractivity contribution in [3.63, 3.8) is 0 Å². The lowest BCUT2D eigenvalue weighted by Gasteiger charge is -2.28. The fraction of sp³-hybridized carbons (Fsp3) is 0.647. The van der Waals surface area contributed by atoms with Crippen molar-refractivity contribution in [2.24, 2.45) is 0 Å². The number of alkyl halides is 2. The van der Waals surface area contributed by atoms with Crippen LogP contribution < -0.4 is 10.1 Å². The van der Waals surface area contributed by atoms with E-state index in [9.17, 15) is 13.2 Å². The lowest BCUT2D eigenvalue weighted by Crippen LogP contribution is -2.37. The van der Waals surface area contributed by atoms with Gasteiger partial charge in [0, 0.05) is 24.9 Å². The van der Waals surface area contributed by atoms with E-state index in [2.05, 4.69) is 5.32 Å². The topological polar surface area (TPSA) is 21.3 Å². The molecule has 1 aromatic carbocycles. The number of hydrogen-bond donors (Lipinski definition) is 1. The first-order valence-electron chi connectivity index (χ1n) is 7.72. The van der Waals surface area contributed by atoms with Crippen molar-refractivity contribution >= 4 is 0 Å². The molecule has 1 fully saturated rings. The molecule has 1 N–H and O–H groups in total. The van der Waals surface area contributed by atoms with Crippen molar-refractivity contribution in [3.8, 4) is 5.75 Å². The first kappa shape index (κ1) is 20.8. The van der Waals surface area contributed by atoms with E-state index in [4.69, 9.17) is 4.74 Å². The SMILES string of the molecule is CC.CNC1CCCC(F)(F)C1.COc1cc(C)cc(F)c1. The minimum absolute atomic E-state index is 0.0174. The normalized spacial score (nSPS) is 19.2. The van der Waals surface area contributed by atoms with Gasteiger partial charge >= 0.3 is 0 Å². The van der Waals surface area contributed by atoms with Crippen molar-refractivity contribution in [2.45, 2.75) is 58.4 Å². The molecular formula is C17H28F3NO. The number of nitrogens with one attached hydrogen (secondary N) is 1. The summed E-state index contributed by atoms with van der Waals surface area (Å²) in [5, 5.41) is 2.88. The van der Waals surface area contributed by atoms with E-state index in [1.807, 2.05) is 20.8 Å². The van der Waals surface area contributed by atoms with E-state index in [0.29, 0.717) is 12.2 Å². The van der Waals surface area contributed by atoms with Crippen molar-refractivity contribution < 1.29 is 17.9 Å². The number of rotatable bonds is 2. The summed E-state index contributed by atoms with van der Waals surface area (Å²) in [5.74, 6) is -2.10. The minimum Gasteiger partial charge on any atom is -0.497 e. The Bertz CT molecular complexity index is 404. The second-order valence-corrected chi connectivity index (χ2v) is 5.11. The fourth-order valence-electron chi connectivity index (χ4n) is 2.24. The van der Waals surface area contributed by atoms with Gasteiger partial charge in [0.2, 0.25) is 5.92 Å². The van der Waals surface area contributed by atoms with E-state index in [-0.39, 0.29) is 24.7 Å². The molecule has 1 atom stereocenters. The highest BCUT2D eigenvalue weighted by atomic mass is 19.3. The molecule has 1 aliphatic rings. The molecule has 0 aliphatic heterocycles. The van der Waals surface area contributed by atoms with Crippen LogP contribution in [0.3, 0.4) is 0 Å². The Morgan fingerprint density at radius 2 is 1.86 bits per heavy atom. The van der Waals surface area contributed by atoms with E-state index in [0.717, 1.165) is 12.0 Å². The number of halogens is 3. The smallest absolute Gasteiger partial charge is 0.249 e. The van der Waals surface area contributed by atoms with Crippen molar-refractivity contribution in [3.05, 3.63) is 29.6 Å². The number of hydrogen-bond acceptors (Lipinski definition) is 2. The minimum atomic E-state index is -2.41. The lowest BCUT2D eigenvalue weighted by atomic mass is 9.92. The maximum Gasteiger partial charge on any atom is 0.249 e. The zero-order valence-corrected chi connectivity index (χ0v) is 14.2. The third-order valence-electron chi connectivity index (χ3n) is 3.30. The fourth-order valence-corrected chi connectivity index (χ4v) is 2.24. The summed E-state index contributed by atoms with van der Waals surface area (Å²) in [5.41, 5.74) is 0.872. The highest BCUT2D eigenvalue weighted by molar-refractivity contribution is 5.28. The first-order valence-corrected chi connectivity index (χ1v) is 7.72. The van der Waals surface area contributed by atoms with Crippen molar-refractivity contribution in [2.75, 3.05) is 14.2 Å². The van der Waals surface area contributed by atoms with E-state index in [1.54, 1.807) is 13.1 Å². The molecule has 0 spiro atoms. The molecule has 2 nitrogen and oxygen atoms in total. The van der Waals surface area contributed by atoms with Gasteiger partial charge in [-0.25, -0.2) is 13.2 Å². The van der Waals surface area contributed by atoms with Crippen molar-refractivity contribution in [1.82, 2.24) is 5.32 Å². The molecule has 22 heavy (non-hydrogen) atoms. The molecule has 0 bridgehead atoms. The Morgan fingerprint density at radius 3 is 2.27 bits per heavy atom. The van der Waals surface area contributed by atoms with Gasteiger partial charge in [-0.05, 0) is 44.5 Å². The van der Waals surface area contributed by atoms with Gasteiger partial charge in [0.25, 0.3) is 0 Å². The molecule has 0 heterocycles. The molecular weight excluding hydrogens is 291 g/mol. The predicted molar refractivity (Wildman–Crippen MR) is 85.3 cm³/mol. The van der Waals surface area contributed by atoms with Crippen LogP contribution in [0.1, 0.15) is 45.1 Å². The number of methoxy groups -OCH3 is 1. The average Bonchev–Trinajstić information content (AvgIpc) is 2.48. The molecule has 5 heteroatoms. The monoisotopic (exact) mass is 319 g/mol. The largest absolute Gasteiger partial charge is 0.497 e. The van der Waals surface area contributed by atoms with Crippen LogP contribution in [0.2, 0.25) is 0 Å². The lowest BCUT2D eigenvalue weighted by molar-refractivity contribution is -0.0432. The zero-order valence-electron chi connectivity index (χ0n) is 14.2. The summed E-state index contributed by atoms with van der Waals surface area (Å²) in [4.78, 5) is 0. The Morgan fingerprint density at radius 1 is 1.23 bits per heavy atom. The summed E-state index contributed by atoms with van der Waals surface area (Å²) >= 11 is 0. The van der Waals surface area contributed by atoms with Gasteiger partial charge in [-0.3, -0.25) is 0 Å². The van der Waals surface area contributed by atoms with Crippen LogP contribution in [-0.2, 0) is 0 Å². The summed E-state index contributed by atoms with van der Waals surface area (Å²) in [6.07, 6.45) is 1.64. The summed E-state index contributed by atoms with van der Waals surface area (Å²) in [7, 11) is 3.26. The number of ether oxygens (including phenoxy) is 1. The molecule has 0 aromatic heterocycles. The van der Waals surface area contributed by atoms with Crippen LogP contribution in [0.25, 0.3) is 0 Å². The van der Waals surface area contributed by atoms with Crippen molar-refractivity contribution in [1.29, 1.82) is 0 Å². The van der Waals surface area contributed by atoms with Gasteiger partial charge in [-0.15, -0.1) is 0 Å². The standard InChI is InChI=1S/C8H9FO.C7H13F2N.C2H6/c1-6-3-7(9)5-8(4-6)10-2;1-10-6-3-2-4-7(8,9)5-6;1-2/h3-5H,1-2H3;6,10H,2-5H2,1H3;1-2H3. The van der Waals surface area contributed by atoms with E-state index >= 15 is 0 Å². The zero-order chi connectivity index (χ0) is 17.2. The molecule has 0 saturated heterocycles. The Balaban J connectivity index is 0.000000360. The highest BCUT2D eigenvalue weighted by Crippen LogP contribution is 2.32. The Kier molecular flexibility index (Phi) is 9.90. The van der Waals surface area contributed by atoms with E-state index in [1.165, 1.54) is 19.2 Å². The molecule has 128 valence electrons. The molecule has 1 unspecified atom stereocenters. The van der Waals surface area contributed by atoms with E-state index < -0.39 is 5.92 Å². The van der Waals surface area contributed by atoms with Crippen LogP contribution >= 0.6 is 0 Å². The molecule has 2 rings (SSSR count). The summed E-state index contributed by atoms with van der Waals surface area (Å²) < 4.78 is 42.6. The molecule has 0 amide bonds. The number of benzene rings is 1. The summed E-state index contributed by atoms with van der Waals surface area (Å²) in [6.45, 7) is 5.82. The second-order valence-electron chi connectivity index (χ2n) is 5.11.